The van der Waals surface area contributed by atoms with Crippen molar-refractivity contribution in [2.45, 2.75) is 104 Å². The Morgan fingerprint density at radius 3 is 2.56 bits per heavy atom. The first kappa shape index (κ1) is 23.1. The highest BCUT2D eigenvalue weighted by Gasteiger charge is 2.63. The summed E-state index contributed by atoms with van der Waals surface area (Å²) < 4.78 is 0. The smallest absolute Gasteiger partial charge is 0.133 e. The van der Waals surface area contributed by atoms with Gasteiger partial charge in [0.2, 0.25) is 0 Å². The molecule has 5 fully saturated rings. The zero-order valence-corrected chi connectivity index (χ0v) is 20.9. The van der Waals surface area contributed by atoms with E-state index in [4.69, 9.17) is 0 Å². The molecule has 180 valence electrons. The summed E-state index contributed by atoms with van der Waals surface area (Å²) in [6, 6.07) is 0. The fourth-order valence-corrected chi connectivity index (χ4v) is 9.67. The van der Waals surface area contributed by atoms with Gasteiger partial charge >= 0.3 is 0 Å². The van der Waals surface area contributed by atoms with Crippen molar-refractivity contribution in [3.63, 3.8) is 0 Å². The summed E-state index contributed by atoms with van der Waals surface area (Å²) in [4.78, 5) is 12.2. The molecule has 0 saturated heterocycles. The van der Waals surface area contributed by atoms with E-state index in [9.17, 15) is 15.0 Å². The minimum absolute atomic E-state index is 0.164. The molecule has 0 aliphatic heterocycles. The van der Waals surface area contributed by atoms with Gasteiger partial charge in [-0.1, -0.05) is 34.3 Å². The van der Waals surface area contributed by atoms with Crippen LogP contribution in [0, 0.1) is 58.2 Å². The molecule has 0 aromatic carbocycles. The quantitative estimate of drug-likeness (QED) is 0.530. The number of hydrogen-bond donors (Lipinski definition) is 2. The van der Waals surface area contributed by atoms with Crippen LogP contribution in [0.4, 0.5) is 0 Å². The van der Waals surface area contributed by atoms with E-state index in [0.29, 0.717) is 35.4 Å². The van der Waals surface area contributed by atoms with E-state index in [1.165, 1.54) is 19.3 Å². The minimum atomic E-state index is -0.444. The van der Waals surface area contributed by atoms with Crippen LogP contribution in [0.3, 0.4) is 0 Å². The van der Waals surface area contributed by atoms with Crippen LogP contribution < -0.4 is 0 Å². The minimum Gasteiger partial charge on any atom is -0.393 e. The van der Waals surface area contributed by atoms with Gasteiger partial charge in [-0.3, -0.25) is 4.79 Å². The highest BCUT2D eigenvalue weighted by molar-refractivity contribution is 5.79. The summed E-state index contributed by atoms with van der Waals surface area (Å²) in [7, 11) is 0. The third-order valence-electron chi connectivity index (χ3n) is 12.0. The van der Waals surface area contributed by atoms with Crippen LogP contribution in [-0.4, -0.2) is 28.2 Å². The molecule has 0 bridgehead atoms. The fraction of sp³-hybridized carbons (Fsp3) is 0.897. The van der Waals surface area contributed by atoms with Gasteiger partial charge in [-0.25, -0.2) is 0 Å². The summed E-state index contributed by atoms with van der Waals surface area (Å²) in [6.07, 6.45) is 9.33. The van der Waals surface area contributed by atoms with Gasteiger partial charge in [0.25, 0.3) is 0 Å². The first-order valence-electron chi connectivity index (χ1n) is 13.6. The Balaban J connectivity index is 1.34. The average molecular weight is 443 g/mol. The molecule has 3 nitrogen and oxygen atoms in total. The molecule has 0 spiro atoms. The summed E-state index contributed by atoms with van der Waals surface area (Å²) in [5.74, 6) is 5.02. The summed E-state index contributed by atoms with van der Waals surface area (Å²) in [6.45, 7) is 13.8. The molecule has 0 aromatic heterocycles. The van der Waals surface area contributed by atoms with Crippen molar-refractivity contribution < 1.29 is 15.0 Å². The van der Waals surface area contributed by atoms with Crippen molar-refractivity contribution in [1.29, 1.82) is 0 Å². The SMILES string of the molecule is C=C(C1CCC2C3CC[C@H]4CC(=O)CC[C@]4(C)C3C[C@@H](O)[C@]12C)[C@H](O)C[C@@H](C)[C@@H]1CC1C. The highest BCUT2D eigenvalue weighted by atomic mass is 16.3. The first-order chi connectivity index (χ1) is 15.1. The maximum atomic E-state index is 12.2. The molecule has 3 heteroatoms. The fourth-order valence-electron chi connectivity index (χ4n) is 9.67. The van der Waals surface area contributed by atoms with Crippen LogP contribution in [0.15, 0.2) is 12.2 Å². The van der Waals surface area contributed by atoms with E-state index < -0.39 is 6.10 Å². The van der Waals surface area contributed by atoms with Gasteiger partial charge in [-0.2, -0.15) is 0 Å². The highest BCUT2D eigenvalue weighted by Crippen LogP contribution is 2.68. The summed E-state index contributed by atoms with van der Waals surface area (Å²) in [5.41, 5.74) is 1.04. The zero-order valence-electron chi connectivity index (χ0n) is 20.9. The van der Waals surface area contributed by atoms with Crippen molar-refractivity contribution in [3.05, 3.63) is 12.2 Å². The van der Waals surface area contributed by atoms with E-state index in [2.05, 4.69) is 34.3 Å². The van der Waals surface area contributed by atoms with Gasteiger partial charge in [0, 0.05) is 18.3 Å². The molecule has 2 N–H and O–H groups in total. The van der Waals surface area contributed by atoms with Crippen LogP contribution in [-0.2, 0) is 4.79 Å². The monoisotopic (exact) mass is 442 g/mol. The van der Waals surface area contributed by atoms with Crippen molar-refractivity contribution in [1.82, 2.24) is 0 Å². The molecule has 12 atom stereocenters. The Kier molecular flexibility index (Phi) is 5.73. The predicted octanol–water partition coefficient (Wildman–Crippen LogP) is 5.78. The molecular weight excluding hydrogens is 396 g/mol. The molecule has 5 aliphatic rings. The maximum Gasteiger partial charge on any atom is 0.133 e. The van der Waals surface area contributed by atoms with E-state index in [-0.39, 0.29) is 22.9 Å². The normalized spacial score (nSPS) is 51.9. The van der Waals surface area contributed by atoms with Gasteiger partial charge in [0.05, 0.1) is 12.2 Å². The van der Waals surface area contributed by atoms with E-state index in [0.717, 1.165) is 62.4 Å². The zero-order chi connectivity index (χ0) is 23.0. The lowest BCUT2D eigenvalue weighted by atomic mass is 9.44. The van der Waals surface area contributed by atoms with Gasteiger partial charge in [0.15, 0.2) is 0 Å². The number of carbonyl (C=O) groups excluding carboxylic acids is 1. The maximum absolute atomic E-state index is 12.2. The van der Waals surface area contributed by atoms with E-state index in [1.807, 2.05) is 0 Å². The van der Waals surface area contributed by atoms with Gasteiger partial charge in [0.1, 0.15) is 5.78 Å². The van der Waals surface area contributed by atoms with Crippen molar-refractivity contribution in [2.75, 3.05) is 0 Å². The third kappa shape index (κ3) is 3.39. The standard InChI is InChI=1S/C29H46O3/c1-16-12-22(16)17(2)13-26(31)18(3)23-8-9-24-21-7-6-19-14-20(30)10-11-28(19,4)25(21)15-27(32)29(23,24)5/h16-17,19,21-27,31-32H,3,6-15H2,1-2,4-5H3/t16?,17-,19+,21?,22-,23?,24?,25?,26-,27-,28+,29-/m1/s1. The first-order valence-corrected chi connectivity index (χ1v) is 13.6. The molecule has 0 radical (unpaired) electrons. The van der Waals surface area contributed by atoms with Gasteiger partial charge in [-0.05, 0) is 110 Å². The summed E-state index contributed by atoms with van der Waals surface area (Å²) in [5, 5.41) is 22.8. The molecule has 5 rings (SSSR count). The second kappa shape index (κ2) is 7.94. The van der Waals surface area contributed by atoms with Gasteiger partial charge < -0.3 is 10.2 Å². The van der Waals surface area contributed by atoms with Crippen LogP contribution in [0.2, 0.25) is 0 Å². The molecule has 0 heterocycles. The Morgan fingerprint density at radius 1 is 1.16 bits per heavy atom. The molecule has 0 amide bonds. The van der Waals surface area contributed by atoms with Crippen LogP contribution in [0.1, 0.15) is 91.9 Å². The summed E-state index contributed by atoms with van der Waals surface area (Å²) >= 11 is 0. The van der Waals surface area contributed by atoms with Crippen molar-refractivity contribution in [2.24, 2.45) is 58.2 Å². The Morgan fingerprint density at radius 2 is 1.88 bits per heavy atom. The molecule has 0 aromatic rings. The predicted molar refractivity (Wildman–Crippen MR) is 128 cm³/mol. The van der Waals surface area contributed by atoms with Crippen LogP contribution in [0.5, 0.6) is 0 Å². The topological polar surface area (TPSA) is 57.5 Å². The molecular formula is C29H46O3. The third-order valence-corrected chi connectivity index (χ3v) is 12.0. The number of carbonyl (C=O) groups is 1. The Bertz CT molecular complexity index is 774. The average Bonchev–Trinajstić information content (AvgIpc) is 3.37. The second-order valence-corrected chi connectivity index (χ2v) is 13.3. The van der Waals surface area contributed by atoms with Crippen molar-refractivity contribution in [3.8, 4) is 0 Å². The lowest BCUT2D eigenvalue weighted by molar-refractivity contribution is -0.165. The molecule has 32 heavy (non-hydrogen) atoms. The second-order valence-electron chi connectivity index (χ2n) is 13.3. The van der Waals surface area contributed by atoms with E-state index in [1.54, 1.807) is 0 Å². The van der Waals surface area contributed by atoms with Gasteiger partial charge in [-0.15, -0.1) is 0 Å². The molecule has 5 unspecified atom stereocenters. The number of fused-ring (bicyclic) bond motifs is 5. The largest absolute Gasteiger partial charge is 0.393 e. The Hall–Kier alpha value is -0.670. The number of aliphatic hydroxyl groups is 2. The van der Waals surface area contributed by atoms with Crippen LogP contribution in [0.25, 0.3) is 0 Å². The number of ketones is 1. The number of rotatable bonds is 5. The van der Waals surface area contributed by atoms with Crippen molar-refractivity contribution >= 4 is 5.78 Å². The molecule has 5 saturated carbocycles. The van der Waals surface area contributed by atoms with E-state index >= 15 is 0 Å². The Labute approximate surface area is 195 Å². The number of Topliss-reactive ketones (excluding diaryl/α,β-unsaturated/α-hetero) is 1. The molecule has 5 aliphatic carbocycles. The number of hydrogen-bond acceptors (Lipinski definition) is 3. The number of aliphatic hydroxyl groups excluding tert-OH is 2. The lowest BCUT2D eigenvalue weighted by Crippen LogP contribution is -2.58. The van der Waals surface area contributed by atoms with Crippen LogP contribution >= 0.6 is 0 Å². The lowest BCUT2D eigenvalue weighted by Gasteiger charge is -2.61.